The van der Waals surface area contributed by atoms with E-state index in [1.54, 1.807) is 0 Å². The van der Waals surface area contributed by atoms with Crippen molar-refractivity contribution in [2.75, 3.05) is 0 Å². The molecule has 0 unspecified atom stereocenters. The van der Waals surface area contributed by atoms with Gasteiger partial charge in [0.2, 0.25) is 5.91 Å². The second-order valence-electron chi connectivity index (χ2n) is 5.72. The largest absolute Gasteiger partial charge is 0.369 e. The lowest BCUT2D eigenvalue weighted by Gasteiger charge is -2.21. The van der Waals surface area contributed by atoms with Crippen LogP contribution < -0.4 is 5.73 Å². The van der Waals surface area contributed by atoms with Crippen LogP contribution in [-0.4, -0.2) is 21.1 Å². The molecule has 0 aliphatic heterocycles. The molecule has 0 spiro atoms. The monoisotopic (exact) mass is 284 g/mol. The molecule has 1 fully saturated rings. The van der Waals surface area contributed by atoms with Crippen LogP contribution in [-0.2, 0) is 11.2 Å². The Morgan fingerprint density at radius 2 is 2.00 bits per heavy atom. The molecular weight excluding hydrogens is 264 g/mol. The molecule has 0 bridgehead atoms. The Morgan fingerprint density at radius 1 is 1.29 bits per heavy atom. The topological polar surface area (TPSA) is 84.7 Å². The van der Waals surface area contributed by atoms with E-state index in [0.717, 1.165) is 5.82 Å². The average Bonchev–Trinajstić information content (AvgIpc) is 3.13. The molecule has 2 aromatic rings. The highest BCUT2D eigenvalue weighted by Crippen LogP contribution is 2.40. The third-order valence-corrected chi connectivity index (χ3v) is 4.20. The summed E-state index contributed by atoms with van der Waals surface area (Å²) in [6.45, 7) is 0. The number of hydrogen-bond donors (Lipinski definition) is 2. The average molecular weight is 284 g/mol. The third kappa shape index (κ3) is 3.12. The van der Waals surface area contributed by atoms with Gasteiger partial charge in [0.1, 0.15) is 5.82 Å². The van der Waals surface area contributed by atoms with Crippen molar-refractivity contribution in [1.82, 2.24) is 15.2 Å². The molecule has 3 N–H and O–H groups in total. The molecule has 3 rings (SSSR count). The van der Waals surface area contributed by atoms with E-state index in [-0.39, 0.29) is 12.3 Å². The van der Waals surface area contributed by atoms with Crippen molar-refractivity contribution in [3.63, 3.8) is 0 Å². The Kier molecular flexibility index (Phi) is 3.99. The van der Waals surface area contributed by atoms with E-state index in [9.17, 15) is 4.79 Å². The quantitative estimate of drug-likeness (QED) is 0.882. The first-order valence-electron chi connectivity index (χ1n) is 7.48. The molecule has 110 valence electrons. The Hall–Kier alpha value is -2.17. The molecule has 1 aromatic carbocycles. The summed E-state index contributed by atoms with van der Waals surface area (Å²) < 4.78 is 0. The maximum absolute atomic E-state index is 11.0. The van der Waals surface area contributed by atoms with Crippen molar-refractivity contribution in [3.8, 4) is 0 Å². The Labute approximate surface area is 124 Å². The normalized spacial score (nSPS) is 17.0. The number of hydrogen-bond acceptors (Lipinski definition) is 3. The second kappa shape index (κ2) is 6.08. The van der Waals surface area contributed by atoms with Gasteiger partial charge in [-0.25, -0.2) is 4.98 Å². The summed E-state index contributed by atoms with van der Waals surface area (Å²) in [6.07, 6.45) is 5.07. The first kappa shape index (κ1) is 13.8. The highest BCUT2D eigenvalue weighted by atomic mass is 16.1. The molecule has 21 heavy (non-hydrogen) atoms. The van der Waals surface area contributed by atoms with Crippen molar-refractivity contribution in [3.05, 3.63) is 47.5 Å². The Balaban J connectivity index is 1.91. The van der Waals surface area contributed by atoms with Gasteiger partial charge < -0.3 is 5.73 Å². The van der Waals surface area contributed by atoms with Gasteiger partial charge in [0.25, 0.3) is 0 Å². The van der Waals surface area contributed by atoms with Gasteiger partial charge in [-0.1, -0.05) is 43.2 Å². The van der Waals surface area contributed by atoms with Crippen LogP contribution in [0.3, 0.4) is 0 Å². The minimum absolute atomic E-state index is 0.110. The van der Waals surface area contributed by atoms with Crippen molar-refractivity contribution in [2.24, 2.45) is 11.7 Å². The van der Waals surface area contributed by atoms with E-state index in [2.05, 4.69) is 27.3 Å². The van der Waals surface area contributed by atoms with Gasteiger partial charge in [-0.2, -0.15) is 5.10 Å². The van der Waals surface area contributed by atoms with Gasteiger partial charge in [0.05, 0.1) is 6.42 Å². The number of H-pyrrole nitrogens is 1. The van der Waals surface area contributed by atoms with Gasteiger partial charge in [0, 0.05) is 5.92 Å². The van der Waals surface area contributed by atoms with Gasteiger partial charge in [0.15, 0.2) is 5.82 Å². The first-order valence-corrected chi connectivity index (χ1v) is 7.48. The summed E-state index contributed by atoms with van der Waals surface area (Å²) in [7, 11) is 0. The fourth-order valence-electron chi connectivity index (χ4n) is 3.28. The van der Waals surface area contributed by atoms with Gasteiger partial charge >= 0.3 is 0 Å². The third-order valence-electron chi connectivity index (χ3n) is 4.20. The van der Waals surface area contributed by atoms with E-state index in [1.165, 1.54) is 31.2 Å². The lowest BCUT2D eigenvalue weighted by atomic mass is 9.84. The van der Waals surface area contributed by atoms with Crippen molar-refractivity contribution < 1.29 is 4.79 Å². The smallest absolute Gasteiger partial charge is 0.225 e. The predicted molar refractivity (Wildman–Crippen MR) is 79.5 cm³/mol. The Bertz CT molecular complexity index is 602. The van der Waals surface area contributed by atoms with Crippen LogP contribution >= 0.6 is 0 Å². The zero-order chi connectivity index (χ0) is 14.7. The lowest BCUT2D eigenvalue weighted by Crippen LogP contribution is -2.15. The van der Waals surface area contributed by atoms with Crippen molar-refractivity contribution in [2.45, 2.75) is 38.0 Å². The molecule has 5 nitrogen and oxygen atoms in total. The summed E-state index contributed by atoms with van der Waals surface area (Å²) in [5.74, 6) is 1.71. The van der Waals surface area contributed by atoms with Crippen LogP contribution in [0.2, 0.25) is 0 Å². The molecule has 0 saturated heterocycles. The van der Waals surface area contributed by atoms with Crippen LogP contribution in [0.15, 0.2) is 30.3 Å². The number of nitrogens with two attached hydrogens (primary N) is 1. The summed E-state index contributed by atoms with van der Waals surface area (Å²) in [6, 6.07) is 10.4. The number of aromatic amines is 1. The SMILES string of the molecule is NC(=O)Cc1nc([C@@H](c2ccccc2)C2CCCC2)n[nH]1. The fourth-order valence-corrected chi connectivity index (χ4v) is 3.28. The zero-order valence-electron chi connectivity index (χ0n) is 12.0. The number of benzene rings is 1. The van der Waals surface area contributed by atoms with Crippen LogP contribution in [0, 0.1) is 5.92 Å². The second-order valence-corrected chi connectivity index (χ2v) is 5.72. The minimum atomic E-state index is -0.394. The van der Waals surface area contributed by atoms with E-state index in [4.69, 9.17) is 5.73 Å². The number of carbonyl (C=O) groups is 1. The summed E-state index contributed by atoms with van der Waals surface area (Å²) in [5.41, 5.74) is 6.46. The Morgan fingerprint density at radius 3 is 2.67 bits per heavy atom. The number of aromatic nitrogens is 3. The highest BCUT2D eigenvalue weighted by Gasteiger charge is 2.30. The van der Waals surface area contributed by atoms with Crippen LogP contribution in [0.5, 0.6) is 0 Å². The molecule has 1 saturated carbocycles. The molecule has 1 heterocycles. The van der Waals surface area contributed by atoms with Gasteiger partial charge in [-0.3, -0.25) is 9.89 Å². The van der Waals surface area contributed by atoms with Gasteiger partial charge in [-0.05, 0) is 24.3 Å². The van der Waals surface area contributed by atoms with E-state index >= 15 is 0 Å². The summed E-state index contributed by atoms with van der Waals surface area (Å²) in [5, 5.41) is 7.20. The first-order chi connectivity index (χ1) is 10.2. The van der Waals surface area contributed by atoms with Crippen LogP contribution in [0.25, 0.3) is 0 Å². The number of rotatable bonds is 5. The summed E-state index contributed by atoms with van der Waals surface area (Å²) in [4.78, 5) is 15.5. The van der Waals surface area contributed by atoms with Crippen LogP contribution in [0.1, 0.15) is 48.8 Å². The number of carbonyl (C=O) groups excluding carboxylic acids is 1. The number of nitrogens with zero attached hydrogens (tertiary/aromatic N) is 2. The van der Waals surface area contributed by atoms with E-state index in [1.807, 2.05) is 18.2 Å². The predicted octanol–water partition coefficient (Wildman–Crippen LogP) is 2.15. The molecule has 5 heteroatoms. The summed E-state index contributed by atoms with van der Waals surface area (Å²) >= 11 is 0. The lowest BCUT2D eigenvalue weighted by molar-refractivity contribution is -0.117. The maximum atomic E-state index is 11.0. The van der Waals surface area contributed by atoms with Crippen molar-refractivity contribution >= 4 is 5.91 Å². The molecule has 1 aromatic heterocycles. The van der Waals surface area contributed by atoms with E-state index in [0.29, 0.717) is 11.7 Å². The molecule has 1 amide bonds. The molecular formula is C16H20N4O. The van der Waals surface area contributed by atoms with Crippen molar-refractivity contribution in [1.29, 1.82) is 0 Å². The molecule has 1 aliphatic rings. The highest BCUT2D eigenvalue weighted by molar-refractivity contribution is 5.75. The number of amides is 1. The number of primary amides is 1. The van der Waals surface area contributed by atoms with E-state index < -0.39 is 5.91 Å². The molecule has 0 radical (unpaired) electrons. The zero-order valence-corrected chi connectivity index (χ0v) is 12.0. The standard InChI is InChI=1S/C16H20N4O/c17-13(21)10-14-18-16(20-19-14)15(12-8-4-5-9-12)11-6-2-1-3-7-11/h1-3,6-7,12,15H,4-5,8-10H2,(H2,17,21)(H,18,19,20)/t15-/m0/s1. The maximum Gasteiger partial charge on any atom is 0.225 e. The van der Waals surface area contributed by atoms with Gasteiger partial charge in [-0.15, -0.1) is 0 Å². The minimum Gasteiger partial charge on any atom is -0.369 e. The number of nitrogens with one attached hydrogen (secondary N) is 1. The molecule has 1 aliphatic carbocycles. The van der Waals surface area contributed by atoms with Crippen LogP contribution in [0.4, 0.5) is 0 Å². The fraction of sp³-hybridized carbons (Fsp3) is 0.438. The molecule has 1 atom stereocenters.